The molecule has 3 fully saturated rings. The number of halogens is 3. The van der Waals surface area contributed by atoms with E-state index in [9.17, 15) is 27.9 Å². The van der Waals surface area contributed by atoms with Crippen molar-refractivity contribution in [3.8, 4) is 5.75 Å². The van der Waals surface area contributed by atoms with Crippen LogP contribution in [0.1, 0.15) is 47.6 Å². The van der Waals surface area contributed by atoms with Crippen molar-refractivity contribution in [2.24, 2.45) is 0 Å². The maximum atomic E-state index is 14.1. The molecule has 0 unspecified atom stereocenters. The van der Waals surface area contributed by atoms with Gasteiger partial charge in [-0.3, -0.25) is 9.59 Å². The number of hydrogen-bond donors (Lipinski definition) is 1. The summed E-state index contributed by atoms with van der Waals surface area (Å²) in [5.74, 6) is -3.14. The van der Waals surface area contributed by atoms with Crippen molar-refractivity contribution < 1.29 is 32.6 Å². The summed E-state index contributed by atoms with van der Waals surface area (Å²) in [6.45, 7) is 0.360. The van der Waals surface area contributed by atoms with E-state index in [1.807, 2.05) is 0 Å². The lowest BCUT2D eigenvalue weighted by Crippen LogP contribution is -2.51. The van der Waals surface area contributed by atoms with Gasteiger partial charge in [-0.25, -0.2) is 13.2 Å². The first-order valence-electron chi connectivity index (χ1n) is 10.5. The number of phenols is 1. The van der Waals surface area contributed by atoms with Crippen LogP contribution in [0.3, 0.4) is 0 Å². The van der Waals surface area contributed by atoms with Crippen molar-refractivity contribution >= 4 is 11.8 Å². The lowest BCUT2D eigenvalue weighted by Gasteiger charge is -2.37. The van der Waals surface area contributed by atoms with E-state index in [1.165, 1.54) is 17.0 Å². The van der Waals surface area contributed by atoms with Gasteiger partial charge in [0.25, 0.3) is 11.8 Å². The number of fused-ring (bicyclic) bond motifs is 1. The minimum Gasteiger partial charge on any atom is -0.508 e. The molecule has 0 aromatic heterocycles. The fraction of sp³-hybridized carbons (Fsp3) is 0.391. The molecular formula is C23H21F3N2O4. The average Bonchev–Trinajstić information content (AvgIpc) is 3.27. The van der Waals surface area contributed by atoms with Gasteiger partial charge < -0.3 is 19.6 Å². The second kappa shape index (κ2) is 7.51. The SMILES string of the molecule is O=C(c1cc(O)ccc1F)N1CCC2(CC1)O[C@@H]1CC[C@@H](c3cc(F)cc(F)c3)N1C2=O. The molecule has 9 heteroatoms. The summed E-state index contributed by atoms with van der Waals surface area (Å²) in [7, 11) is 0. The van der Waals surface area contributed by atoms with Crippen LogP contribution in [-0.2, 0) is 9.53 Å². The van der Waals surface area contributed by atoms with Crippen LogP contribution in [0.2, 0.25) is 0 Å². The maximum absolute atomic E-state index is 14.1. The van der Waals surface area contributed by atoms with Gasteiger partial charge in [-0.15, -0.1) is 0 Å². The zero-order valence-electron chi connectivity index (χ0n) is 17.1. The largest absolute Gasteiger partial charge is 0.508 e. The van der Waals surface area contributed by atoms with Gasteiger partial charge in [0.1, 0.15) is 29.4 Å². The standard InChI is InChI=1S/C23H21F3N2O4/c24-14-9-13(10-15(25)11-14)19-3-4-20-28(19)22(31)23(32-20)5-7-27(8-6-23)21(30)17-12-16(29)1-2-18(17)26/h1-2,9-12,19-20,29H,3-8H2/t19-,20+/m0/s1. The van der Waals surface area contributed by atoms with Gasteiger partial charge in [0.2, 0.25) is 0 Å². The Bertz CT molecular complexity index is 1080. The smallest absolute Gasteiger partial charge is 0.257 e. The van der Waals surface area contributed by atoms with Crippen molar-refractivity contribution in [3.05, 3.63) is 65.0 Å². The van der Waals surface area contributed by atoms with E-state index in [2.05, 4.69) is 0 Å². The number of phenolic OH excluding ortho intramolecular Hbond substituents is 1. The Hall–Kier alpha value is -3.07. The topological polar surface area (TPSA) is 70.1 Å². The predicted molar refractivity (Wildman–Crippen MR) is 106 cm³/mol. The Kier molecular flexibility index (Phi) is 4.88. The number of amides is 2. The van der Waals surface area contributed by atoms with Gasteiger partial charge in [0, 0.05) is 32.0 Å². The van der Waals surface area contributed by atoms with Crippen LogP contribution in [0.25, 0.3) is 0 Å². The molecule has 3 saturated heterocycles. The molecule has 168 valence electrons. The summed E-state index contributed by atoms with van der Waals surface area (Å²) in [5, 5.41) is 9.58. The van der Waals surface area contributed by atoms with Crippen molar-refractivity contribution in [1.82, 2.24) is 9.80 Å². The minimum atomic E-state index is -1.11. The van der Waals surface area contributed by atoms with Crippen molar-refractivity contribution in [1.29, 1.82) is 0 Å². The third-order valence-electron chi connectivity index (χ3n) is 6.63. The van der Waals surface area contributed by atoms with Crippen LogP contribution >= 0.6 is 0 Å². The monoisotopic (exact) mass is 446 g/mol. The maximum Gasteiger partial charge on any atom is 0.257 e. The minimum absolute atomic E-state index is 0.180. The molecule has 32 heavy (non-hydrogen) atoms. The molecule has 0 radical (unpaired) electrons. The van der Waals surface area contributed by atoms with E-state index in [-0.39, 0.29) is 43.2 Å². The summed E-state index contributed by atoms with van der Waals surface area (Å²) in [4.78, 5) is 29.1. The third kappa shape index (κ3) is 3.31. The number of aromatic hydroxyl groups is 1. The number of nitrogens with zero attached hydrogens (tertiary/aromatic N) is 2. The van der Waals surface area contributed by atoms with Gasteiger partial charge >= 0.3 is 0 Å². The van der Waals surface area contributed by atoms with Crippen molar-refractivity contribution in [2.75, 3.05) is 13.1 Å². The molecule has 0 bridgehead atoms. The van der Waals surface area contributed by atoms with Crippen LogP contribution in [0.4, 0.5) is 13.2 Å². The summed E-state index contributed by atoms with van der Waals surface area (Å²) in [6, 6.07) is 6.06. The number of rotatable bonds is 2. The zero-order valence-corrected chi connectivity index (χ0v) is 17.1. The number of carbonyl (C=O) groups excluding carboxylic acids is 2. The first-order chi connectivity index (χ1) is 15.3. The lowest BCUT2D eigenvalue weighted by atomic mass is 9.89. The number of likely N-dealkylation sites (tertiary alicyclic amines) is 1. The fourth-order valence-corrected chi connectivity index (χ4v) is 5.06. The Morgan fingerprint density at radius 3 is 2.41 bits per heavy atom. The second-order valence-corrected chi connectivity index (χ2v) is 8.53. The molecule has 2 aromatic rings. The fourth-order valence-electron chi connectivity index (χ4n) is 5.06. The van der Waals surface area contributed by atoms with E-state index < -0.39 is 41.2 Å². The lowest BCUT2D eigenvalue weighted by molar-refractivity contribution is -0.142. The summed E-state index contributed by atoms with van der Waals surface area (Å²) < 4.78 is 47.7. The Balaban J connectivity index is 1.32. The molecule has 6 nitrogen and oxygen atoms in total. The van der Waals surface area contributed by atoms with Crippen molar-refractivity contribution in [2.45, 2.75) is 43.6 Å². The highest BCUT2D eigenvalue weighted by atomic mass is 19.1. The van der Waals surface area contributed by atoms with E-state index in [4.69, 9.17) is 4.74 Å². The van der Waals surface area contributed by atoms with Crippen LogP contribution in [0.5, 0.6) is 5.75 Å². The molecule has 2 amide bonds. The molecule has 2 aromatic carbocycles. The highest BCUT2D eigenvalue weighted by Gasteiger charge is 2.58. The molecule has 5 rings (SSSR count). The number of piperidine rings is 1. The quantitative estimate of drug-likeness (QED) is 0.767. The van der Waals surface area contributed by atoms with Gasteiger partial charge in [0.05, 0.1) is 11.6 Å². The number of benzene rings is 2. The Labute approximate surface area is 182 Å². The Morgan fingerprint density at radius 2 is 1.72 bits per heavy atom. The zero-order chi connectivity index (χ0) is 22.6. The number of ether oxygens (including phenoxy) is 1. The van der Waals surface area contributed by atoms with Gasteiger partial charge in [0.15, 0.2) is 5.60 Å². The normalized spacial score (nSPS) is 24.3. The summed E-state index contributed by atoms with van der Waals surface area (Å²) in [6.07, 6.45) is 1.07. The van der Waals surface area contributed by atoms with E-state index in [0.717, 1.165) is 24.3 Å². The van der Waals surface area contributed by atoms with Crippen LogP contribution in [0, 0.1) is 17.5 Å². The first-order valence-corrected chi connectivity index (χ1v) is 10.5. The van der Waals surface area contributed by atoms with Crippen LogP contribution in [0.15, 0.2) is 36.4 Å². The van der Waals surface area contributed by atoms with Gasteiger partial charge in [-0.05, 0) is 48.7 Å². The predicted octanol–water partition coefficient (Wildman–Crippen LogP) is 3.50. The summed E-state index contributed by atoms with van der Waals surface area (Å²) >= 11 is 0. The molecule has 2 atom stereocenters. The average molecular weight is 446 g/mol. The van der Waals surface area contributed by atoms with Gasteiger partial charge in [-0.2, -0.15) is 0 Å². The molecule has 1 spiro atoms. The number of carbonyl (C=O) groups is 2. The molecular weight excluding hydrogens is 425 g/mol. The number of hydrogen-bond acceptors (Lipinski definition) is 4. The molecule has 3 aliphatic heterocycles. The molecule has 0 saturated carbocycles. The highest BCUT2D eigenvalue weighted by molar-refractivity contribution is 5.95. The van der Waals surface area contributed by atoms with Crippen molar-refractivity contribution in [3.63, 3.8) is 0 Å². The third-order valence-corrected chi connectivity index (χ3v) is 6.63. The van der Waals surface area contributed by atoms with E-state index in [1.54, 1.807) is 4.90 Å². The van der Waals surface area contributed by atoms with Crippen LogP contribution in [-0.4, -0.2) is 51.6 Å². The van der Waals surface area contributed by atoms with Crippen LogP contribution < -0.4 is 0 Å². The molecule has 0 aliphatic carbocycles. The van der Waals surface area contributed by atoms with E-state index >= 15 is 0 Å². The Morgan fingerprint density at radius 1 is 1.03 bits per heavy atom. The summed E-state index contributed by atoms with van der Waals surface area (Å²) in [5.41, 5.74) is -0.942. The van der Waals surface area contributed by atoms with E-state index in [0.29, 0.717) is 18.4 Å². The molecule has 1 N–H and O–H groups in total. The second-order valence-electron chi connectivity index (χ2n) is 8.53. The molecule has 3 aliphatic rings. The van der Waals surface area contributed by atoms with Gasteiger partial charge in [-0.1, -0.05) is 0 Å². The highest BCUT2D eigenvalue weighted by Crippen LogP contribution is 2.47. The molecule has 3 heterocycles. The first kappa shape index (κ1) is 20.8.